The maximum Gasteiger partial charge on any atom is 0.546 e. The van der Waals surface area contributed by atoms with Gasteiger partial charge in [-0.15, -0.1) is 0 Å². The third-order valence-corrected chi connectivity index (χ3v) is 4.82. The van der Waals surface area contributed by atoms with E-state index in [1.165, 1.54) is 0 Å². The first-order valence-electron chi connectivity index (χ1n) is 7.55. The Morgan fingerprint density at radius 1 is 0.870 bits per heavy atom. The van der Waals surface area contributed by atoms with Crippen molar-refractivity contribution in [1.29, 1.82) is 0 Å². The van der Waals surface area contributed by atoms with Crippen molar-refractivity contribution in [1.82, 2.24) is 0 Å². The molecular weight excluding hydrogens is 303 g/mol. The zero-order valence-electron chi connectivity index (χ0n) is 12.9. The molecule has 0 radical (unpaired) electrons. The fourth-order valence-electron chi connectivity index (χ4n) is 2.92. The van der Waals surface area contributed by atoms with Gasteiger partial charge in [0.15, 0.2) is 0 Å². The highest BCUT2D eigenvalue weighted by Crippen LogP contribution is 2.31. The van der Waals surface area contributed by atoms with Crippen molar-refractivity contribution in [3.05, 3.63) is 89.5 Å². The lowest BCUT2D eigenvalue weighted by Crippen LogP contribution is -2.10. The van der Waals surface area contributed by atoms with E-state index in [0.29, 0.717) is 11.7 Å². The van der Waals surface area contributed by atoms with Crippen molar-refractivity contribution in [2.75, 3.05) is 0 Å². The molecule has 0 spiro atoms. The maximum absolute atomic E-state index is 11.9. The first-order valence-corrected chi connectivity index (χ1v) is 8.76. The van der Waals surface area contributed by atoms with Gasteiger partial charge in [0, 0.05) is 12.0 Å². The second kappa shape index (κ2) is 6.87. The Kier molecular flexibility index (Phi) is 4.66. The van der Waals surface area contributed by atoms with E-state index in [2.05, 4.69) is 0 Å². The average Bonchev–Trinajstić information content (AvgIpc) is 2.56. The van der Waals surface area contributed by atoms with Crippen LogP contribution in [0.3, 0.4) is 0 Å². The normalized spacial score (nSPS) is 11.3. The standard InChI is InChI=1S/C20H17O2P/c1-15-12-13-19(23(21)22)18(14-16-8-4-2-5-9-16)20(15)17-10-6-3-7-11-17/h2-13H,14H2,1H3/p+1. The van der Waals surface area contributed by atoms with Gasteiger partial charge in [-0.3, -0.25) is 0 Å². The van der Waals surface area contributed by atoms with Crippen LogP contribution in [-0.2, 0) is 11.0 Å². The largest absolute Gasteiger partial charge is 0.546 e. The van der Waals surface area contributed by atoms with Gasteiger partial charge in [0.25, 0.3) is 0 Å². The lowest BCUT2D eigenvalue weighted by molar-refractivity contribution is 0.513. The molecule has 3 aromatic carbocycles. The van der Waals surface area contributed by atoms with Crippen LogP contribution < -0.4 is 5.30 Å². The van der Waals surface area contributed by atoms with Crippen LogP contribution in [0.4, 0.5) is 0 Å². The van der Waals surface area contributed by atoms with Crippen LogP contribution in [0.15, 0.2) is 72.8 Å². The van der Waals surface area contributed by atoms with E-state index in [1.54, 1.807) is 6.07 Å². The molecule has 0 aromatic heterocycles. The quantitative estimate of drug-likeness (QED) is 0.712. The highest BCUT2D eigenvalue weighted by molar-refractivity contribution is 7.47. The number of rotatable bonds is 4. The summed E-state index contributed by atoms with van der Waals surface area (Å²) in [5.41, 5.74) is 5.32. The Bertz CT molecular complexity index is 827. The Labute approximate surface area is 137 Å². The lowest BCUT2D eigenvalue weighted by atomic mass is 9.91. The third-order valence-electron chi connectivity index (χ3n) is 3.99. The van der Waals surface area contributed by atoms with Gasteiger partial charge >= 0.3 is 8.03 Å². The minimum absolute atomic E-state index is 0.522. The van der Waals surface area contributed by atoms with Crippen LogP contribution in [0, 0.1) is 6.92 Å². The summed E-state index contributed by atoms with van der Waals surface area (Å²) in [5.74, 6) is 0. The van der Waals surface area contributed by atoms with Crippen LogP contribution in [0.2, 0.25) is 0 Å². The number of hydrogen-bond acceptors (Lipinski definition) is 1. The van der Waals surface area contributed by atoms with Crippen molar-refractivity contribution in [3.8, 4) is 11.1 Å². The fourth-order valence-corrected chi connectivity index (χ4v) is 3.54. The molecule has 0 amide bonds. The summed E-state index contributed by atoms with van der Waals surface area (Å²) in [6.45, 7) is 2.05. The van der Waals surface area contributed by atoms with Crippen LogP contribution >= 0.6 is 8.03 Å². The zero-order chi connectivity index (χ0) is 16.2. The lowest BCUT2D eigenvalue weighted by Gasteiger charge is -2.13. The number of aryl methyl sites for hydroxylation is 1. The molecule has 3 rings (SSSR count). The molecular formula is C20H18O2P+. The smallest absolute Gasteiger partial charge is 0.156 e. The number of benzene rings is 3. The van der Waals surface area contributed by atoms with E-state index in [4.69, 9.17) is 0 Å². The van der Waals surface area contributed by atoms with Crippen molar-refractivity contribution >= 4 is 13.3 Å². The summed E-state index contributed by atoms with van der Waals surface area (Å²) in [7, 11) is -2.38. The van der Waals surface area contributed by atoms with Crippen LogP contribution in [0.5, 0.6) is 0 Å². The molecule has 0 aliphatic rings. The molecule has 1 N–H and O–H groups in total. The summed E-state index contributed by atoms with van der Waals surface area (Å²) < 4.78 is 11.9. The molecule has 0 heterocycles. The predicted molar refractivity (Wildman–Crippen MR) is 95.3 cm³/mol. The molecule has 114 valence electrons. The van der Waals surface area contributed by atoms with E-state index >= 15 is 0 Å². The van der Waals surface area contributed by atoms with E-state index in [-0.39, 0.29) is 0 Å². The van der Waals surface area contributed by atoms with Gasteiger partial charge in [0.2, 0.25) is 5.30 Å². The summed E-state index contributed by atoms with van der Waals surface area (Å²) >= 11 is 0. The van der Waals surface area contributed by atoms with Crippen LogP contribution in [0.25, 0.3) is 11.1 Å². The predicted octanol–water partition coefficient (Wildman–Crippen LogP) is 4.61. The topological polar surface area (TPSA) is 37.3 Å². The van der Waals surface area contributed by atoms with Gasteiger partial charge < -0.3 is 0 Å². The molecule has 23 heavy (non-hydrogen) atoms. The second-order valence-corrected chi connectivity index (χ2v) is 6.58. The molecule has 2 nitrogen and oxygen atoms in total. The minimum atomic E-state index is -2.38. The van der Waals surface area contributed by atoms with Gasteiger partial charge in [-0.25, -0.2) is 0 Å². The molecule has 1 atom stereocenters. The maximum atomic E-state index is 11.9. The Balaban J connectivity index is 2.21. The molecule has 3 aromatic rings. The summed E-state index contributed by atoms with van der Waals surface area (Å²) in [5, 5.41) is 0.522. The van der Waals surface area contributed by atoms with E-state index in [9.17, 15) is 9.46 Å². The highest BCUT2D eigenvalue weighted by atomic mass is 31.1. The fraction of sp³-hybridized carbons (Fsp3) is 0.100. The molecule has 0 saturated heterocycles. The Morgan fingerprint density at radius 3 is 2.09 bits per heavy atom. The number of hydrogen-bond donors (Lipinski definition) is 1. The summed E-state index contributed by atoms with van der Waals surface area (Å²) in [6.07, 6.45) is 0.643. The van der Waals surface area contributed by atoms with Gasteiger partial charge in [0.05, 0.1) is 0 Å². The molecule has 0 saturated carbocycles. The summed E-state index contributed by atoms with van der Waals surface area (Å²) in [4.78, 5) is 9.75. The van der Waals surface area contributed by atoms with Crippen molar-refractivity contribution in [2.45, 2.75) is 13.3 Å². The van der Waals surface area contributed by atoms with Crippen molar-refractivity contribution in [2.24, 2.45) is 0 Å². The van der Waals surface area contributed by atoms with E-state index in [1.807, 2.05) is 73.7 Å². The van der Waals surface area contributed by atoms with Gasteiger partial charge in [-0.1, -0.05) is 66.7 Å². The molecule has 0 bridgehead atoms. The van der Waals surface area contributed by atoms with E-state index < -0.39 is 8.03 Å². The second-order valence-electron chi connectivity index (χ2n) is 5.56. The van der Waals surface area contributed by atoms with E-state index in [0.717, 1.165) is 27.8 Å². The Morgan fingerprint density at radius 2 is 1.48 bits per heavy atom. The molecule has 1 unspecified atom stereocenters. The summed E-state index contributed by atoms with van der Waals surface area (Å²) in [6, 6.07) is 23.8. The third kappa shape index (κ3) is 3.39. The highest BCUT2D eigenvalue weighted by Gasteiger charge is 2.25. The van der Waals surface area contributed by atoms with Crippen molar-refractivity contribution in [3.63, 3.8) is 0 Å². The first kappa shape index (κ1) is 15.6. The average molecular weight is 321 g/mol. The van der Waals surface area contributed by atoms with Gasteiger partial charge in [0.1, 0.15) is 0 Å². The molecule has 0 fully saturated rings. The van der Waals surface area contributed by atoms with Crippen LogP contribution in [0.1, 0.15) is 16.7 Å². The molecule has 0 aliphatic heterocycles. The SMILES string of the molecule is Cc1ccc([P+](=O)O)c(Cc2ccccc2)c1-c1ccccc1. The minimum Gasteiger partial charge on any atom is -0.156 e. The first-order chi connectivity index (χ1) is 11.2. The van der Waals surface area contributed by atoms with Gasteiger partial charge in [-0.2, -0.15) is 4.89 Å². The molecule has 3 heteroatoms. The van der Waals surface area contributed by atoms with Crippen LogP contribution in [-0.4, -0.2) is 4.89 Å². The zero-order valence-corrected chi connectivity index (χ0v) is 13.8. The Hall–Kier alpha value is -2.28. The molecule has 0 aliphatic carbocycles. The van der Waals surface area contributed by atoms with Crippen molar-refractivity contribution < 1.29 is 9.46 Å². The monoisotopic (exact) mass is 321 g/mol. The van der Waals surface area contributed by atoms with Gasteiger partial charge in [-0.05, 0) is 39.8 Å².